The van der Waals surface area contributed by atoms with Gasteiger partial charge in [-0.2, -0.15) is 0 Å². The number of primary amides is 1. The van der Waals surface area contributed by atoms with E-state index in [1.165, 1.54) is 0 Å². The van der Waals surface area contributed by atoms with E-state index < -0.39 is 29.2 Å². The Balaban J connectivity index is 1.49. The Bertz CT molecular complexity index is 1790. The van der Waals surface area contributed by atoms with Gasteiger partial charge < -0.3 is 25.5 Å². The highest BCUT2D eigenvalue weighted by Gasteiger charge is 2.28. The third-order valence-electron chi connectivity index (χ3n) is 6.69. The minimum Gasteiger partial charge on any atom is -0.455 e. The average molecular weight is 626 g/mol. The van der Waals surface area contributed by atoms with Crippen molar-refractivity contribution in [1.82, 2.24) is 15.6 Å². The fourth-order valence-corrected chi connectivity index (χ4v) is 4.67. The Hall–Kier alpha value is -5.45. The Morgan fingerprint density at radius 2 is 1.37 bits per heavy atom. The van der Waals surface area contributed by atoms with Gasteiger partial charge in [0.05, 0.1) is 5.56 Å². The van der Waals surface area contributed by atoms with Gasteiger partial charge in [0.2, 0.25) is 5.91 Å². The van der Waals surface area contributed by atoms with E-state index in [0.717, 1.165) is 16.7 Å². The Morgan fingerprint density at radius 1 is 0.804 bits per heavy atom. The molecule has 3 amide bonds. The molecule has 0 aliphatic rings. The van der Waals surface area contributed by atoms with Crippen molar-refractivity contribution in [1.29, 1.82) is 5.41 Å². The molecule has 0 aliphatic carbocycles. The molecule has 0 spiro atoms. The quantitative estimate of drug-likeness (QED) is 0.0951. The maximum absolute atomic E-state index is 13.1. The largest absolute Gasteiger partial charge is 0.455 e. The van der Waals surface area contributed by atoms with Crippen LogP contribution >= 0.6 is 0 Å². The summed E-state index contributed by atoms with van der Waals surface area (Å²) < 4.78 is 10.9. The van der Waals surface area contributed by atoms with Crippen molar-refractivity contribution in [2.24, 2.45) is 5.73 Å². The van der Waals surface area contributed by atoms with Gasteiger partial charge in [0.15, 0.2) is 0 Å². The smallest absolute Gasteiger partial charge is 0.413 e. The number of amides is 3. The predicted molar refractivity (Wildman–Crippen MR) is 176 cm³/mol. The lowest BCUT2D eigenvalue weighted by Gasteiger charge is -2.21. The van der Waals surface area contributed by atoms with Crippen LogP contribution in [-0.4, -0.2) is 52.4 Å². The number of ether oxygens (including phenoxy) is 2. The van der Waals surface area contributed by atoms with Gasteiger partial charge in [-0.15, -0.1) is 0 Å². The maximum Gasteiger partial charge on any atom is 0.413 e. The van der Waals surface area contributed by atoms with Gasteiger partial charge in [0.1, 0.15) is 22.7 Å². The molecule has 0 fully saturated rings. The zero-order valence-electron chi connectivity index (χ0n) is 26.8. The number of benzene rings is 3. The highest BCUT2D eigenvalue weighted by molar-refractivity contribution is 6.18. The van der Waals surface area contributed by atoms with Gasteiger partial charge in [-0.3, -0.25) is 20.3 Å². The van der Waals surface area contributed by atoms with Gasteiger partial charge in [-0.05, 0) is 101 Å². The number of amidine groups is 1. The molecular weight excluding hydrogens is 586 g/mol. The zero-order valence-corrected chi connectivity index (χ0v) is 26.8. The second-order valence-corrected chi connectivity index (χ2v) is 12.8. The normalized spacial score (nSPS) is 11.5. The van der Waals surface area contributed by atoms with E-state index in [0.29, 0.717) is 35.0 Å². The zero-order chi connectivity index (χ0) is 33.8. The molecule has 0 saturated heterocycles. The Kier molecular flexibility index (Phi) is 9.65. The van der Waals surface area contributed by atoms with Crippen LogP contribution in [0.2, 0.25) is 0 Å². The molecule has 1 aromatic heterocycles. The minimum atomic E-state index is -0.824. The molecule has 0 unspecified atom stereocenters. The summed E-state index contributed by atoms with van der Waals surface area (Å²) in [5, 5.41) is 14.6. The summed E-state index contributed by atoms with van der Waals surface area (Å²) in [4.78, 5) is 52.8. The standard InChI is InChI=1S/C35H39N5O6/c1-34(2,3)45-32(43)28-27(29(36)40-33(44)46-35(4,5)6)25-19-20(7-16-26(25)39-28)17-18-38-31(42)24-14-10-22(11-15-24)21-8-12-23(13-9-21)30(37)41/h7-16,19,39H,17-18H2,1-6H3,(H2,37,41)(H,38,42)(H2,36,40,44). The van der Waals surface area contributed by atoms with E-state index >= 15 is 0 Å². The van der Waals surface area contributed by atoms with Gasteiger partial charge in [-0.25, -0.2) is 9.59 Å². The highest BCUT2D eigenvalue weighted by atomic mass is 16.6. The molecule has 46 heavy (non-hydrogen) atoms. The van der Waals surface area contributed by atoms with Crippen molar-refractivity contribution in [3.05, 3.63) is 94.7 Å². The first-order valence-corrected chi connectivity index (χ1v) is 14.8. The highest BCUT2D eigenvalue weighted by Crippen LogP contribution is 2.27. The molecule has 0 radical (unpaired) electrons. The van der Waals surface area contributed by atoms with Crippen LogP contribution in [0.4, 0.5) is 4.79 Å². The average Bonchev–Trinajstić information content (AvgIpc) is 3.35. The van der Waals surface area contributed by atoms with Crippen LogP contribution in [0.15, 0.2) is 66.7 Å². The van der Waals surface area contributed by atoms with Gasteiger partial charge in [-0.1, -0.05) is 30.3 Å². The summed E-state index contributed by atoms with van der Waals surface area (Å²) in [7, 11) is 0. The molecule has 0 bridgehead atoms. The van der Waals surface area contributed by atoms with Crippen LogP contribution in [0.5, 0.6) is 0 Å². The second kappa shape index (κ2) is 13.3. The molecular formula is C35H39N5O6. The van der Waals surface area contributed by atoms with Crippen molar-refractivity contribution in [2.45, 2.75) is 59.2 Å². The van der Waals surface area contributed by atoms with Crippen LogP contribution in [0.1, 0.15) is 83.9 Å². The van der Waals surface area contributed by atoms with Crippen LogP contribution in [-0.2, 0) is 15.9 Å². The van der Waals surface area contributed by atoms with E-state index in [-0.39, 0.29) is 23.0 Å². The fourth-order valence-electron chi connectivity index (χ4n) is 4.67. The number of fused-ring (bicyclic) bond motifs is 1. The maximum atomic E-state index is 13.1. The third-order valence-corrected chi connectivity index (χ3v) is 6.69. The van der Waals surface area contributed by atoms with E-state index in [1.54, 1.807) is 84.0 Å². The number of hydrogen-bond acceptors (Lipinski definition) is 7. The number of H-pyrrole nitrogens is 1. The number of esters is 1. The van der Waals surface area contributed by atoms with E-state index in [1.807, 2.05) is 24.3 Å². The predicted octanol–water partition coefficient (Wildman–Crippen LogP) is 5.71. The monoisotopic (exact) mass is 625 g/mol. The van der Waals surface area contributed by atoms with Crippen LogP contribution in [0.3, 0.4) is 0 Å². The van der Waals surface area contributed by atoms with Gasteiger partial charge in [0.25, 0.3) is 5.91 Å². The molecule has 240 valence electrons. The lowest BCUT2D eigenvalue weighted by molar-refractivity contribution is 0.00628. The van der Waals surface area contributed by atoms with Crippen LogP contribution < -0.4 is 16.4 Å². The summed E-state index contributed by atoms with van der Waals surface area (Å²) in [6, 6.07) is 19.5. The van der Waals surface area contributed by atoms with Crippen LogP contribution in [0, 0.1) is 5.41 Å². The number of aromatic amines is 1. The van der Waals surface area contributed by atoms with Gasteiger partial charge >= 0.3 is 12.1 Å². The molecule has 11 nitrogen and oxygen atoms in total. The van der Waals surface area contributed by atoms with Gasteiger partial charge in [0, 0.05) is 28.6 Å². The molecule has 4 rings (SSSR count). The lowest BCUT2D eigenvalue weighted by atomic mass is 10.0. The van der Waals surface area contributed by atoms with E-state index in [4.69, 9.17) is 20.6 Å². The van der Waals surface area contributed by atoms with E-state index in [2.05, 4.69) is 15.6 Å². The second-order valence-electron chi connectivity index (χ2n) is 12.8. The molecule has 4 aromatic rings. The Morgan fingerprint density at radius 3 is 1.91 bits per heavy atom. The van der Waals surface area contributed by atoms with Crippen molar-refractivity contribution in [3.8, 4) is 11.1 Å². The third kappa shape index (κ3) is 8.59. The summed E-state index contributed by atoms with van der Waals surface area (Å²) in [5.41, 5.74) is 8.05. The number of nitrogens with one attached hydrogen (secondary N) is 4. The molecule has 11 heteroatoms. The fraction of sp³-hybridized carbons (Fsp3) is 0.286. The summed E-state index contributed by atoms with van der Waals surface area (Å²) in [6.45, 7) is 10.7. The molecule has 1 heterocycles. The van der Waals surface area contributed by atoms with Crippen molar-refractivity contribution >= 4 is 40.6 Å². The minimum absolute atomic E-state index is 0.0312. The number of carbonyl (C=O) groups is 4. The molecule has 0 aliphatic heterocycles. The SMILES string of the molecule is CC(C)(C)OC(=O)NC(=N)c1c(C(=O)OC(C)(C)C)[nH]c2ccc(CCNC(=O)c3ccc(-c4ccc(C(N)=O)cc4)cc3)cc12. The number of alkyl carbamates (subject to hydrolysis) is 1. The number of carbonyl (C=O) groups excluding carboxylic acids is 4. The number of aromatic nitrogens is 1. The van der Waals surface area contributed by atoms with Crippen molar-refractivity contribution < 1.29 is 28.7 Å². The van der Waals surface area contributed by atoms with Crippen molar-refractivity contribution in [3.63, 3.8) is 0 Å². The summed E-state index contributed by atoms with van der Waals surface area (Å²) in [6.07, 6.45) is -0.361. The lowest BCUT2D eigenvalue weighted by Crippen LogP contribution is -2.37. The van der Waals surface area contributed by atoms with Crippen molar-refractivity contribution in [2.75, 3.05) is 6.54 Å². The first-order chi connectivity index (χ1) is 21.5. The Labute approximate surface area is 267 Å². The molecule has 3 aromatic carbocycles. The van der Waals surface area contributed by atoms with E-state index in [9.17, 15) is 19.2 Å². The first-order valence-electron chi connectivity index (χ1n) is 14.8. The molecule has 0 saturated carbocycles. The number of rotatable bonds is 8. The number of nitrogens with two attached hydrogens (primary N) is 1. The summed E-state index contributed by atoms with van der Waals surface area (Å²) in [5.74, 6) is -1.72. The van der Waals surface area contributed by atoms with Crippen LogP contribution in [0.25, 0.3) is 22.0 Å². The summed E-state index contributed by atoms with van der Waals surface area (Å²) >= 11 is 0. The topological polar surface area (TPSA) is 176 Å². The molecule has 6 N–H and O–H groups in total. The number of hydrogen-bond donors (Lipinski definition) is 5. The molecule has 0 atom stereocenters. The first kappa shape index (κ1) is 33.4.